The molecule has 0 aliphatic rings. The van der Waals surface area contributed by atoms with Crippen LogP contribution in [0.25, 0.3) is 0 Å². The van der Waals surface area contributed by atoms with Crippen LogP contribution >= 0.6 is 0 Å². The minimum atomic E-state index is -0.0762. The highest BCUT2D eigenvalue weighted by Gasteiger charge is 2.12. The van der Waals surface area contributed by atoms with Crippen LogP contribution in [-0.2, 0) is 4.94 Å². The quantitative estimate of drug-likeness (QED) is 0.437. The van der Waals surface area contributed by atoms with Gasteiger partial charge in [-0.25, -0.2) is 0 Å². The van der Waals surface area contributed by atoms with Crippen LogP contribution in [0.1, 0.15) is 56.2 Å². The summed E-state index contributed by atoms with van der Waals surface area (Å²) in [6.07, 6.45) is 1.88. The molecule has 2 aromatic carbocycles. The molecule has 0 aromatic heterocycles. The monoisotopic (exact) mass is 343 g/mol. The zero-order chi connectivity index (χ0) is 18.2. The molecule has 0 unspecified atom stereocenters. The molecule has 0 spiro atoms. The number of halogens is 1. The van der Waals surface area contributed by atoms with Gasteiger partial charge >= 0.3 is 0 Å². The van der Waals surface area contributed by atoms with E-state index in [1.165, 1.54) is 11.1 Å². The summed E-state index contributed by atoms with van der Waals surface area (Å²) in [6, 6.07) is 14.0. The van der Waals surface area contributed by atoms with Gasteiger partial charge in [0.1, 0.15) is 19.0 Å². The first-order chi connectivity index (χ1) is 12.0. The Labute approximate surface area is 149 Å². The third-order valence-electron chi connectivity index (χ3n) is 3.99. The van der Waals surface area contributed by atoms with Gasteiger partial charge in [0.25, 0.3) is 0 Å². The fourth-order valence-corrected chi connectivity index (χ4v) is 2.64. The number of rotatable bonds is 8. The van der Waals surface area contributed by atoms with Crippen molar-refractivity contribution in [1.82, 2.24) is 0 Å². The predicted octanol–water partition coefficient (Wildman–Crippen LogP) is 5.96. The van der Waals surface area contributed by atoms with Crippen LogP contribution in [-0.4, -0.2) is 19.4 Å². The van der Waals surface area contributed by atoms with E-state index in [-0.39, 0.29) is 13.2 Å². The van der Waals surface area contributed by atoms with Crippen molar-refractivity contribution in [2.24, 2.45) is 4.99 Å². The van der Waals surface area contributed by atoms with Crippen LogP contribution in [0.5, 0.6) is 5.75 Å². The molecule has 0 amide bonds. The molecular weight excluding hydrogens is 317 g/mol. The van der Waals surface area contributed by atoms with Crippen molar-refractivity contribution in [2.45, 2.75) is 39.5 Å². The van der Waals surface area contributed by atoms with Crippen LogP contribution in [0, 0.1) is 0 Å². The highest BCUT2D eigenvalue weighted by molar-refractivity contribution is 5.83. The van der Waals surface area contributed by atoms with Gasteiger partial charge in [-0.05, 0) is 57.3 Å². The van der Waals surface area contributed by atoms with Gasteiger partial charge in [-0.3, -0.25) is 4.99 Å². The zero-order valence-electron chi connectivity index (χ0n) is 15.3. The molecule has 0 heterocycles. The summed E-state index contributed by atoms with van der Waals surface area (Å²) in [5.41, 5.74) is 4.57. The molecule has 0 saturated carbocycles. The smallest absolute Gasteiger partial charge is 0.122 e. The molecule has 0 radical (unpaired) electrons. The van der Waals surface area contributed by atoms with Crippen LogP contribution < -0.4 is 4.74 Å². The molecule has 0 bridgehead atoms. The predicted molar refractivity (Wildman–Crippen MR) is 101 cm³/mol. The average Bonchev–Trinajstić information content (AvgIpc) is 2.60. The summed E-state index contributed by atoms with van der Waals surface area (Å²) in [5, 5.41) is 0. The van der Waals surface area contributed by atoms with Crippen LogP contribution in [0.2, 0.25) is 0 Å². The van der Waals surface area contributed by atoms with Gasteiger partial charge in [0.2, 0.25) is 0 Å². The maximum Gasteiger partial charge on any atom is 0.122 e. The summed E-state index contributed by atoms with van der Waals surface area (Å²) in [4.78, 5) is 8.28. The van der Waals surface area contributed by atoms with Crippen molar-refractivity contribution in [1.29, 1.82) is 0 Å². The highest BCUT2D eigenvalue weighted by Crippen LogP contribution is 2.34. The van der Waals surface area contributed by atoms with Gasteiger partial charge in [0.05, 0.1) is 5.69 Å². The fraction of sp³-hybridized carbons (Fsp3) is 0.381. The number of benzene rings is 2. The Morgan fingerprint density at radius 1 is 0.920 bits per heavy atom. The topological polar surface area (TPSA) is 30.8 Å². The van der Waals surface area contributed by atoms with Crippen LogP contribution in [0.3, 0.4) is 0 Å². The second kappa shape index (κ2) is 9.33. The standard InChI is InChI=1S/C21H26FNO2/c1-15(2)19-6-5-7-20(16(3)4)21(19)23-14-17-8-10-18(11-9-17)24-12-13-25-22/h5-11,14-16H,12-13H2,1-4H3. The normalized spacial score (nSPS) is 11.6. The van der Waals surface area contributed by atoms with Gasteiger partial charge in [0.15, 0.2) is 0 Å². The van der Waals surface area contributed by atoms with E-state index >= 15 is 0 Å². The van der Waals surface area contributed by atoms with E-state index in [4.69, 9.17) is 9.73 Å². The Morgan fingerprint density at radius 2 is 1.52 bits per heavy atom. The molecule has 2 rings (SSSR count). The van der Waals surface area contributed by atoms with E-state index in [2.05, 4.69) is 50.8 Å². The first kappa shape index (κ1) is 19.1. The Morgan fingerprint density at radius 3 is 2.04 bits per heavy atom. The summed E-state index contributed by atoms with van der Waals surface area (Å²) in [7, 11) is 0. The minimum absolute atomic E-state index is 0.0762. The van der Waals surface area contributed by atoms with Crippen molar-refractivity contribution in [3.05, 3.63) is 59.2 Å². The lowest BCUT2D eigenvalue weighted by molar-refractivity contribution is -0.138. The van der Waals surface area contributed by atoms with Crippen LogP contribution in [0.15, 0.2) is 47.5 Å². The molecule has 4 heteroatoms. The summed E-state index contributed by atoms with van der Waals surface area (Å²) >= 11 is 0. The lowest BCUT2D eigenvalue weighted by Crippen LogP contribution is -2.02. The second-order valence-corrected chi connectivity index (χ2v) is 6.58. The SMILES string of the molecule is CC(C)c1cccc(C(C)C)c1N=Cc1ccc(OCCOF)cc1. The van der Waals surface area contributed by atoms with Crippen LogP contribution in [0.4, 0.5) is 10.2 Å². The molecule has 0 aliphatic heterocycles. The molecule has 0 saturated heterocycles. The summed E-state index contributed by atoms with van der Waals surface area (Å²) in [5.74, 6) is 1.51. The Kier molecular flexibility index (Phi) is 7.14. The number of nitrogens with zero attached hydrogens (tertiary/aromatic N) is 1. The molecule has 25 heavy (non-hydrogen) atoms. The largest absolute Gasteiger partial charge is 0.491 e. The van der Waals surface area contributed by atoms with E-state index in [9.17, 15) is 4.53 Å². The van der Waals surface area contributed by atoms with Crippen molar-refractivity contribution in [3.8, 4) is 5.75 Å². The molecular formula is C21H26FNO2. The lowest BCUT2D eigenvalue weighted by Gasteiger charge is -2.16. The van der Waals surface area contributed by atoms with Crippen molar-refractivity contribution in [3.63, 3.8) is 0 Å². The first-order valence-corrected chi connectivity index (χ1v) is 8.66. The average molecular weight is 343 g/mol. The van der Waals surface area contributed by atoms with E-state index < -0.39 is 0 Å². The minimum Gasteiger partial charge on any atom is -0.491 e. The molecule has 0 atom stereocenters. The van der Waals surface area contributed by atoms with Crippen molar-refractivity contribution in [2.75, 3.05) is 13.2 Å². The summed E-state index contributed by atoms with van der Waals surface area (Å²) < 4.78 is 17.0. The molecule has 0 aliphatic carbocycles. The number of para-hydroxylation sites is 1. The Balaban J connectivity index is 2.21. The van der Waals surface area contributed by atoms with Gasteiger partial charge in [-0.1, -0.05) is 45.9 Å². The number of aliphatic imine (C=N–C) groups is 1. The third kappa shape index (κ3) is 5.40. The van der Waals surface area contributed by atoms with Crippen molar-refractivity contribution >= 4 is 11.9 Å². The van der Waals surface area contributed by atoms with E-state index in [1.807, 2.05) is 30.5 Å². The van der Waals surface area contributed by atoms with Gasteiger partial charge in [-0.2, -0.15) is 4.94 Å². The molecule has 2 aromatic rings. The van der Waals surface area contributed by atoms with Gasteiger partial charge in [-0.15, -0.1) is 0 Å². The Hall–Kier alpha value is -2.20. The van der Waals surface area contributed by atoms with E-state index in [1.54, 1.807) is 0 Å². The zero-order valence-corrected chi connectivity index (χ0v) is 15.3. The lowest BCUT2D eigenvalue weighted by atomic mass is 9.93. The number of hydrogen-bond acceptors (Lipinski definition) is 3. The molecule has 134 valence electrons. The highest BCUT2D eigenvalue weighted by atomic mass is 19.3. The Bertz CT molecular complexity index is 667. The van der Waals surface area contributed by atoms with Gasteiger partial charge < -0.3 is 4.74 Å². The van der Waals surface area contributed by atoms with E-state index in [0.717, 1.165) is 11.3 Å². The maximum atomic E-state index is 11.6. The fourth-order valence-electron chi connectivity index (χ4n) is 2.64. The number of ether oxygens (including phenoxy) is 1. The molecule has 0 N–H and O–H groups in total. The molecule has 0 fully saturated rings. The van der Waals surface area contributed by atoms with Gasteiger partial charge in [0, 0.05) is 6.21 Å². The third-order valence-corrected chi connectivity index (χ3v) is 3.99. The van der Waals surface area contributed by atoms with E-state index in [0.29, 0.717) is 17.6 Å². The number of hydrogen-bond donors (Lipinski definition) is 0. The second-order valence-electron chi connectivity index (χ2n) is 6.58. The summed E-state index contributed by atoms with van der Waals surface area (Å²) in [6.45, 7) is 8.85. The molecule has 3 nitrogen and oxygen atoms in total. The van der Waals surface area contributed by atoms with Crippen molar-refractivity contribution < 1.29 is 14.2 Å². The maximum absolute atomic E-state index is 11.6. The first-order valence-electron chi connectivity index (χ1n) is 8.66.